The van der Waals surface area contributed by atoms with E-state index in [-0.39, 0.29) is 0 Å². The highest BCUT2D eigenvalue weighted by atomic mass is 16.4. The lowest BCUT2D eigenvalue weighted by molar-refractivity contribution is -0.367. The molecule has 6 N–H and O–H groups in total. The van der Waals surface area contributed by atoms with Crippen LogP contribution >= 0.6 is 0 Å². The van der Waals surface area contributed by atoms with Crippen molar-refractivity contribution in [3.8, 4) is 0 Å². The van der Waals surface area contributed by atoms with E-state index in [1.54, 1.807) is 12.1 Å². The van der Waals surface area contributed by atoms with Crippen LogP contribution < -0.4 is 27.0 Å². The second-order valence-corrected chi connectivity index (χ2v) is 6.30. The predicted molar refractivity (Wildman–Crippen MR) is 105 cm³/mol. The van der Waals surface area contributed by atoms with Crippen LogP contribution in [0, 0.1) is 0 Å². The van der Waals surface area contributed by atoms with Gasteiger partial charge in [0.25, 0.3) is 0 Å². The lowest BCUT2D eigenvalue weighted by Crippen LogP contribution is -2.55. The Morgan fingerprint density at radius 1 is 0.720 bits per heavy atom. The van der Waals surface area contributed by atoms with Crippen molar-refractivity contribution in [2.75, 3.05) is 13.1 Å². The third-order valence-electron chi connectivity index (χ3n) is 3.78. The van der Waals surface area contributed by atoms with E-state index in [1.165, 1.54) is 56.9 Å². The lowest BCUT2D eigenvalue weighted by Gasteiger charge is -2.26. The molecule has 0 unspecified atom stereocenters. The molecule has 0 aromatic heterocycles. The van der Waals surface area contributed by atoms with Crippen LogP contribution in [0.2, 0.25) is 0 Å². The summed E-state index contributed by atoms with van der Waals surface area (Å²) >= 11 is 0. The minimum Gasteiger partial charge on any atom is -0.889 e. The molecule has 0 heterocycles. The van der Waals surface area contributed by atoms with Crippen LogP contribution in [0.5, 0.6) is 0 Å². The Kier molecular flexibility index (Phi) is 22.3. The molecule has 0 fully saturated rings. The molecule has 0 saturated carbocycles. The Labute approximate surface area is 156 Å². The fourth-order valence-corrected chi connectivity index (χ4v) is 1.95. The van der Waals surface area contributed by atoms with Gasteiger partial charge in [0.05, 0.1) is 13.1 Å². The molecule has 0 spiro atoms. The first-order valence-corrected chi connectivity index (χ1v) is 10.1. The minimum atomic E-state index is -1.85. The van der Waals surface area contributed by atoms with E-state index in [0.29, 0.717) is 5.46 Å². The largest absolute Gasteiger partial charge is 0.889 e. The predicted octanol–water partition coefficient (Wildman–Crippen LogP) is 0.282. The Morgan fingerprint density at radius 2 is 1.16 bits per heavy atom. The molecule has 0 aliphatic heterocycles. The molecule has 1 aromatic carbocycles. The zero-order valence-corrected chi connectivity index (χ0v) is 16.9. The number of hydrogen-bond donors (Lipinski definition) is 2. The highest BCUT2D eigenvalue weighted by Crippen LogP contribution is 2.09. The van der Waals surface area contributed by atoms with Gasteiger partial charge >= 0.3 is 0 Å². The van der Waals surface area contributed by atoms with Crippen molar-refractivity contribution in [1.82, 2.24) is 0 Å². The summed E-state index contributed by atoms with van der Waals surface area (Å²) < 4.78 is 0. The number of unbranched alkanes of at least 4 members (excludes halogenated alkanes) is 5. The SMILES string of the molecule is CCCCCCCCc1ccc(B([O-])[O-])cc1.CCC[NH3+].CCC[NH3+]. The standard InChI is InChI=1S/C14H21BO2.2C3H9N/c1-2-3-4-5-6-7-8-13-9-11-14(12-10-13)15(16)17;2*1-2-3-4/h9-12H,2-8H2,1H3;2*2-4H2,1H3/q-2;;/p+2. The van der Waals surface area contributed by atoms with Gasteiger partial charge in [0.2, 0.25) is 0 Å². The second-order valence-electron chi connectivity index (χ2n) is 6.30. The Hall–Kier alpha value is -0.875. The van der Waals surface area contributed by atoms with E-state index >= 15 is 0 Å². The Balaban J connectivity index is 0. The summed E-state index contributed by atoms with van der Waals surface area (Å²) in [7, 11) is -1.85. The molecular weight excluding hydrogens is 311 g/mol. The van der Waals surface area contributed by atoms with Gasteiger partial charge < -0.3 is 21.5 Å². The van der Waals surface area contributed by atoms with Crippen molar-refractivity contribution < 1.29 is 21.5 Å². The van der Waals surface area contributed by atoms with Crippen LogP contribution in [-0.2, 0) is 6.42 Å². The summed E-state index contributed by atoms with van der Waals surface area (Å²) in [5.41, 5.74) is 8.78. The van der Waals surface area contributed by atoms with Crippen LogP contribution in [0.4, 0.5) is 0 Å². The van der Waals surface area contributed by atoms with Gasteiger partial charge in [-0.1, -0.05) is 84.3 Å². The smallest absolute Gasteiger partial charge is 0.0737 e. The number of hydrogen-bond acceptors (Lipinski definition) is 2. The maximum absolute atomic E-state index is 10.6. The van der Waals surface area contributed by atoms with Crippen LogP contribution in [0.15, 0.2) is 24.3 Å². The minimum absolute atomic E-state index is 0.344. The molecule has 0 atom stereocenters. The molecule has 146 valence electrons. The highest BCUT2D eigenvalue weighted by Gasteiger charge is 1.94. The van der Waals surface area contributed by atoms with E-state index in [2.05, 4.69) is 32.2 Å². The number of benzene rings is 1. The van der Waals surface area contributed by atoms with Gasteiger partial charge in [0.1, 0.15) is 0 Å². The first-order chi connectivity index (χ1) is 12.1. The van der Waals surface area contributed by atoms with Crippen molar-refractivity contribution in [3.63, 3.8) is 0 Å². The third-order valence-corrected chi connectivity index (χ3v) is 3.78. The van der Waals surface area contributed by atoms with Crippen molar-refractivity contribution in [2.45, 2.75) is 78.6 Å². The lowest BCUT2D eigenvalue weighted by atomic mass is 9.80. The maximum Gasteiger partial charge on any atom is 0.0737 e. The molecule has 0 aliphatic carbocycles. The number of aryl methyl sites for hydroxylation is 1. The number of rotatable bonds is 10. The zero-order valence-electron chi connectivity index (χ0n) is 16.9. The van der Waals surface area contributed by atoms with Crippen molar-refractivity contribution >= 4 is 12.6 Å². The maximum atomic E-state index is 10.6. The van der Waals surface area contributed by atoms with E-state index in [4.69, 9.17) is 0 Å². The topological polar surface area (TPSA) is 101 Å². The van der Waals surface area contributed by atoms with Crippen LogP contribution in [0.1, 0.15) is 77.7 Å². The summed E-state index contributed by atoms with van der Waals surface area (Å²) in [6.07, 6.45) is 11.2. The molecular formula is C20H41BN2O2. The third kappa shape index (κ3) is 19.3. The van der Waals surface area contributed by atoms with Crippen molar-refractivity contribution in [2.24, 2.45) is 0 Å². The Bertz CT molecular complexity index is 351. The first kappa shape index (κ1) is 26.4. The van der Waals surface area contributed by atoms with Gasteiger partial charge in [-0.05, 0) is 31.2 Å². The van der Waals surface area contributed by atoms with Crippen molar-refractivity contribution in [3.05, 3.63) is 29.8 Å². The van der Waals surface area contributed by atoms with Gasteiger partial charge in [-0.2, -0.15) is 0 Å². The molecule has 25 heavy (non-hydrogen) atoms. The summed E-state index contributed by atoms with van der Waals surface area (Å²) in [4.78, 5) is 0. The molecule has 1 rings (SSSR count). The van der Waals surface area contributed by atoms with Gasteiger partial charge in [-0.25, -0.2) is 0 Å². The van der Waals surface area contributed by atoms with Crippen molar-refractivity contribution in [1.29, 1.82) is 0 Å². The summed E-state index contributed by atoms with van der Waals surface area (Å²) in [6.45, 7) is 8.60. The fourth-order valence-electron chi connectivity index (χ4n) is 1.95. The molecule has 4 nitrogen and oxygen atoms in total. The monoisotopic (exact) mass is 352 g/mol. The molecule has 0 radical (unpaired) electrons. The van der Waals surface area contributed by atoms with Crippen LogP contribution in [0.3, 0.4) is 0 Å². The zero-order chi connectivity index (χ0) is 19.3. The van der Waals surface area contributed by atoms with Gasteiger partial charge in [0.15, 0.2) is 0 Å². The second kappa shape index (κ2) is 21.2. The Morgan fingerprint density at radius 3 is 1.56 bits per heavy atom. The normalized spacial score (nSPS) is 9.56. The molecule has 1 aromatic rings. The van der Waals surface area contributed by atoms with Gasteiger partial charge in [-0.15, -0.1) is 5.46 Å². The van der Waals surface area contributed by atoms with Crippen LogP contribution in [-0.4, -0.2) is 20.2 Å². The van der Waals surface area contributed by atoms with E-state index < -0.39 is 7.12 Å². The molecule has 0 bridgehead atoms. The molecule has 0 amide bonds. The van der Waals surface area contributed by atoms with E-state index in [0.717, 1.165) is 19.5 Å². The van der Waals surface area contributed by atoms with E-state index in [9.17, 15) is 10.0 Å². The first-order valence-electron chi connectivity index (χ1n) is 10.1. The molecule has 0 aliphatic rings. The summed E-state index contributed by atoms with van der Waals surface area (Å²) in [6, 6.07) is 7.14. The van der Waals surface area contributed by atoms with Gasteiger partial charge in [0, 0.05) is 0 Å². The van der Waals surface area contributed by atoms with E-state index in [1.807, 2.05) is 12.1 Å². The van der Waals surface area contributed by atoms with Crippen LogP contribution in [0.25, 0.3) is 0 Å². The highest BCUT2D eigenvalue weighted by molar-refractivity contribution is 6.55. The summed E-state index contributed by atoms with van der Waals surface area (Å²) in [5.74, 6) is 0. The average molecular weight is 352 g/mol. The summed E-state index contributed by atoms with van der Waals surface area (Å²) in [5, 5.41) is 21.3. The quantitative estimate of drug-likeness (QED) is 0.467. The number of quaternary nitrogens is 2. The molecule has 5 heteroatoms. The van der Waals surface area contributed by atoms with Gasteiger partial charge in [-0.3, -0.25) is 0 Å². The fraction of sp³-hybridized carbons (Fsp3) is 0.700. The average Bonchev–Trinajstić information content (AvgIpc) is 2.65. The molecule has 0 saturated heterocycles.